The molecule has 3 heteroatoms. The Morgan fingerprint density at radius 3 is 1.00 bits per heavy atom. The van der Waals surface area contributed by atoms with Crippen molar-refractivity contribution in [1.29, 1.82) is 0 Å². The molecule has 2 rings (SSSR count). The van der Waals surface area contributed by atoms with Crippen LogP contribution in [0, 0.1) is 0 Å². The summed E-state index contributed by atoms with van der Waals surface area (Å²) in [5, 5.41) is 26.3. The van der Waals surface area contributed by atoms with E-state index in [0.717, 1.165) is 47.9 Å². The molecule has 0 bridgehead atoms. The van der Waals surface area contributed by atoms with Crippen molar-refractivity contribution in [3.05, 3.63) is 58.7 Å². The molecule has 0 saturated heterocycles. The van der Waals surface area contributed by atoms with E-state index in [1.54, 1.807) is 0 Å². The van der Waals surface area contributed by atoms with Gasteiger partial charge in [0.1, 0.15) is 0 Å². The fourth-order valence-corrected chi connectivity index (χ4v) is 5.76. The number of aryl methyl sites for hydroxylation is 2. The van der Waals surface area contributed by atoms with Crippen molar-refractivity contribution in [1.82, 2.24) is 0 Å². The normalized spacial score (nSPS) is 11.1. The molecule has 0 spiro atoms. The van der Waals surface area contributed by atoms with Crippen LogP contribution in [0.1, 0.15) is 165 Å². The monoisotopic (exact) mass is 574 g/mol. The Bertz CT molecular complexity index is 807. The van der Waals surface area contributed by atoms with Crippen LogP contribution < -0.4 is 10.2 Å². The van der Waals surface area contributed by atoms with Gasteiger partial charge in [-0.2, -0.15) is 0 Å². The summed E-state index contributed by atoms with van der Waals surface area (Å²) < 4.78 is 0. The first kappa shape index (κ1) is 37.3. The molecule has 0 radical (unpaired) electrons. The zero-order valence-corrected chi connectivity index (χ0v) is 28.5. The van der Waals surface area contributed by atoms with Crippen LogP contribution in [-0.2, 0) is 19.3 Å². The molecule has 2 nitrogen and oxygen atoms in total. The smallest absolute Gasteiger partial charge is 0.872 e. The van der Waals surface area contributed by atoms with Gasteiger partial charge in [0.2, 0.25) is 0 Å². The molecule has 0 N–H and O–H groups in total. The van der Waals surface area contributed by atoms with Gasteiger partial charge in [-0.05, 0) is 32.1 Å². The summed E-state index contributed by atoms with van der Waals surface area (Å²) in [6.45, 7) is 4.53. The number of hydrogen-bond donors (Lipinski definition) is 0. The topological polar surface area (TPSA) is 46.1 Å². The fourth-order valence-electron chi connectivity index (χ4n) is 5.76. The van der Waals surface area contributed by atoms with E-state index in [0.29, 0.717) is 6.42 Å². The summed E-state index contributed by atoms with van der Waals surface area (Å²) in [5.74, 6) is 0.292. The minimum absolute atomic E-state index is 0. The standard InChI is InChI=1S/C37H60O2.Ca/c1-3-5-7-9-11-13-15-17-19-21-25-32-27-23-29-34(36(32)38)31-35-30-24-28-33(37(35)39)26-22-20-18-16-14-12-10-8-6-4-2;/h23-24,27-30,38-39H,3-22,25-26,31H2,1-2H3;/q;+2/p-2. The van der Waals surface area contributed by atoms with Crippen LogP contribution in [0.15, 0.2) is 36.4 Å². The maximum atomic E-state index is 13.1. The van der Waals surface area contributed by atoms with Crippen molar-refractivity contribution in [3.8, 4) is 11.5 Å². The van der Waals surface area contributed by atoms with Gasteiger partial charge in [-0.25, -0.2) is 0 Å². The van der Waals surface area contributed by atoms with Crippen LogP contribution in [0.4, 0.5) is 0 Å². The number of unbranched alkanes of at least 4 members (excludes halogenated alkanes) is 18. The number of para-hydroxylation sites is 2. The van der Waals surface area contributed by atoms with Crippen molar-refractivity contribution in [2.75, 3.05) is 0 Å². The maximum Gasteiger partial charge on any atom is 2.00 e. The quantitative estimate of drug-likeness (QED) is 0.0925. The molecular weight excluding hydrogens is 516 g/mol. The van der Waals surface area contributed by atoms with Crippen LogP contribution in [0.5, 0.6) is 11.5 Å². The van der Waals surface area contributed by atoms with Gasteiger partial charge in [-0.1, -0.05) is 188 Å². The Balaban J connectivity index is 0.00000800. The predicted molar refractivity (Wildman–Crippen MR) is 171 cm³/mol. The van der Waals surface area contributed by atoms with Gasteiger partial charge in [0.25, 0.3) is 0 Å². The van der Waals surface area contributed by atoms with E-state index >= 15 is 0 Å². The van der Waals surface area contributed by atoms with Gasteiger partial charge in [-0.15, -0.1) is 11.5 Å². The molecule has 2 aromatic carbocycles. The van der Waals surface area contributed by atoms with Crippen molar-refractivity contribution in [3.63, 3.8) is 0 Å². The molecule has 0 saturated carbocycles. The first-order valence-electron chi connectivity index (χ1n) is 16.7. The molecule has 0 aromatic heterocycles. The predicted octanol–water partition coefficient (Wildman–Crippen LogP) is 9.97. The second kappa shape index (κ2) is 24.9. The Morgan fingerprint density at radius 2 is 0.675 bits per heavy atom. The molecule has 40 heavy (non-hydrogen) atoms. The van der Waals surface area contributed by atoms with Crippen molar-refractivity contribution >= 4 is 37.7 Å². The third kappa shape index (κ3) is 16.1. The average Bonchev–Trinajstić information content (AvgIpc) is 2.94. The summed E-state index contributed by atoms with van der Waals surface area (Å²) in [6.07, 6.45) is 28.2. The van der Waals surface area contributed by atoms with E-state index in [1.165, 1.54) is 116 Å². The molecule has 220 valence electrons. The zero-order valence-electron chi connectivity index (χ0n) is 26.3. The Labute approximate surface area is 277 Å². The van der Waals surface area contributed by atoms with Crippen LogP contribution in [0.25, 0.3) is 0 Å². The van der Waals surface area contributed by atoms with Crippen molar-refractivity contribution in [2.45, 2.75) is 162 Å². The van der Waals surface area contributed by atoms with Crippen LogP contribution in [0.3, 0.4) is 0 Å². The van der Waals surface area contributed by atoms with Gasteiger partial charge >= 0.3 is 37.7 Å². The van der Waals surface area contributed by atoms with Gasteiger partial charge < -0.3 is 10.2 Å². The number of benzene rings is 2. The molecular formula is C37H58CaO2. The van der Waals surface area contributed by atoms with Crippen LogP contribution in [-0.4, -0.2) is 37.7 Å². The molecule has 0 aliphatic heterocycles. The first-order chi connectivity index (χ1) is 19.2. The van der Waals surface area contributed by atoms with Gasteiger partial charge in [0, 0.05) is 0 Å². The fraction of sp³-hybridized carbons (Fsp3) is 0.676. The van der Waals surface area contributed by atoms with Crippen molar-refractivity contribution < 1.29 is 10.2 Å². The zero-order chi connectivity index (χ0) is 28.0. The molecule has 0 unspecified atom stereocenters. The van der Waals surface area contributed by atoms with Crippen LogP contribution in [0.2, 0.25) is 0 Å². The average molecular weight is 575 g/mol. The summed E-state index contributed by atoms with van der Waals surface area (Å²) in [5.41, 5.74) is 3.38. The molecule has 2 aromatic rings. The third-order valence-electron chi connectivity index (χ3n) is 8.34. The minimum Gasteiger partial charge on any atom is -0.872 e. The molecule has 0 fully saturated rings. The Morgan fingerprint density at radius 1 is 0.400 bits per heavy atom. The summed E-state index contributed by atoms with van der Waals surface area (Å²) in [4.78, 5) is 0. The van der Waals surface area contributed by atoms with Gasteiger partial charge in [-0.3, -0.25) is 0 Å². The van der Waals surface area contributed by atoms with Gasteiger partial charge in [0.15, 0.2) is 0 Å². The molecule has 0 aliphatic rings. The second-order valence-electron chi connectivity index (χ2n) is 11.9. The van der Waals surface area contributed by atoms with E-state index in [4.69, 9.17) is 0 Å². The van der Waals surface area contributed by atoms with E-state index in [9.17, 15) is 10.2 Å². The van der Waals surface area contributed by atoms with E-state index < -0.39 is 0 Å². The van der Waals surface area contributed by atoms with Crippen molar-refractivity contribution in [2.24, 2.45) is 0 Å². The summed E-state index contributed by atoms with van der Waals surface area (Å²) in [6, 6.07) is 11.8. The van der Waals surface area contributed by atoms with Gasteiger partial charge in [0.05, 0.1) is 0 Å². The minimum atomic E-state index is 0. The molecule has 0 atom stereocenters. The Hall–Kier alpha value is -0.700. The Kier molecular flexibility index (Phi) is 23.2. The maximum absolute atomic E-state index is 13.1. The van der Waals surface area contributed by atoms with E-state index in [2.05, 4.69) is 13.8 Å². The second-order valence-corrected chi connectivity index (χ2v) is 11.9. The number of rotatable bonds is 24. The summed E-state index contributed by atoms with van der Waals surface area (Å²) in [7, 11) is 0. The summed E-state index contributed by atoms with van der Waals surface area (Å²) >= 11 is 0. The first-order valence-corrected chi connectivity index (χ1v) is 16.7. The molecule has 0 amide bonds. The molecule has 0 aliphatic carbocycles. The van der Waals surface area contributed by atoms with E-state index in [-0.39, 0.29) is 49.2 Å². The largest absolute Gasteiger partial charge is 2.00 e. The van der Waals surface area contributed by atoms with E-state index in [1.807, 2.05) is 36.4 Å². The number of hydrogen-bond acceptors (Lipinski definition) is 2. The van der Waals surface area contributed by atoms with Crippen LogP contribution >= 0.6 is 0 Å². The SMILES string of the molecule is CCCCCCCCCCCCc1cccc(Cc2cccc(CCCCCCCCCCCC)c2[O-])c1[O-].[Ca+2]. The third-order valence-corrected chi connectivity index (χ3v) is 8.34. The molecule has 0 heterocycles.